The third-order valence-electron chi connectivity index (χ3n) is 3.43. The average Bonchev–Trinajstić information content (AvgIpc) is 2.49. The highest BCUT2D eigenvalue weighted by Crippen LogP contribution is 2.22. The van der Waals surface area contributed by atoms with E-state index < -0.39 is 0 Å². The van der Waals surface area contributed by atoms with Crippen molar-refractivity contribution < 1.29 is 4.39 Å². The molecule has 104 valence electrons. The average molecular weight is 273 g/mol. The van der Waals surface area contributed by atoms with E-state index in [1.807, 2.05) is 12.1 Å². The maximum absolute atomic E-state index is 12.9. The fourth-order valence-corrected chi connectivity index (χ4v) is 2.38. The zero-order chi connectivity index (χ0) is 13.9. The lowest BCUT2D eigenvalue weighted by atomic mass is 10.2. The molecule has 6 heteroatoms. The molecule has 2 aromatic heterocycles. The van der Waals surface area contributed by atoms with Crippen molar-refractivity contribution in [3.63, 3.8) is 0 Å². The second-order valence-electron chi connectivity index (χ2n) is 4.72. The van der Waals surface area contributed by atoms with E-state index >= 15 is 0 Å². The van der Waals surface area contributed by atoms with Gasteiger partial charge < -0.3 is 15.5 Å². The molecule has 1 aliphatic rings. The molecular formula is C14H16FN5. The molecule has 0 amide bonds. The van der Waals surface area contributed by atoms with Gasteiger partial charge in [0.05, 0.1) is 11.9 Å². The number of hydrogen-bond donors (Lipinski definition) is 1. The Bertz CT molecular complexity index is 578. The van der Waals surface area contributed by atoms with E-state index in [1.165, 1.54) is 12.3 Å². The van der Waals surface area contributed by atoms with Crippen molar-refractivity contribution in [3.05, 3.63) is 42.5 Å². The van der Waals surface area contributed by atoms with E-state index in [1.54, 1.807) is 12.3 Å². The Hall–Kier alpha value is -2.37. The number of halogens is 1. The quantitative estimate of drug-likeness (QED) is 0.899. The number of hydrogen-bond acceptors (Lipinski definition) is 5. The maximum Gasteiger partial charge on any atom is 0.151 e. The van der Waals surface area contributed by atoms with Crippen molar-refractivity contribution in [3.8, 4) is 0 Å². The van der Waals surface area contributed by atoms with Gasteiger partial charge in [-0.2, -0.15) is 0 Å². The van der Waals surface area contributed by atoms with Crippen molar-refractivity contribution in [2.75, 3.05) is 41.7 Å². The van der Waals surface area contributed by atoms with E-state index in [0.717, 1.165) is 37.8 Å². The number of nitrogens with two attached hydrogens (primary N) is 1. The lowest BCUT2D eigenvalue weighted by Crippen LogP contribution is -2.47. The number of anilines is 3. The largest absolute Gasteiger partial charge is 0.396 e. The first-order valence-electron chi connectivity index (χ1n) is 6.56. The molecule has 1 saturated heterocycles. The minimum absolute atomic E-state index is 0.311. The molecule has 20 heavy (non-hydrogen) atoms. The van der Waals surface area contributed by atoms with Crippen LogP contribution in [0.3, 0.4) is 0 Å². The lowest BCUT2D eigenvalue weighted by molar-refractivity contribution is 0.614. The van der Waals surface area contributed by atoms with Gasteiger partial charge in [0.25, 0.3) is 0 Å². The minimum Gasteiger partial charge on any atom is -0.396 e. The van der Waals surface area contributed by atoms with Gasteiger partial charge in [-0.05, 0) is 24.3 Å². The number of rotatable bonds is 2. The van der Waals surface area contributed by atoms with Gasteiger partial charge in [-0.25, -0.2) is 14.4 Å². The van der Waals surface area contributed by atoms with Crippen LogP contribution in [0.25, 0.3) is 0 Å². The third kappa shape index (κ3) is 2.49. The van der Waals surface area contributed by atoms with Crippen LogP contribution in [-0.4, -0.2) is 36.1 Å². The lowest BCUT2D eigenvalue weighted by Gasteiger charge is -2.36. The van der Waals surface area contributed by atoms with Crippen molar-refractivity contribution in [1.29, 1.82) is 0 Å². The Morgan fingerprint density at radius 1 is 1.00 bits per heavy atom. The van der Waals surface area contributed by atoms with Gasteiger partial charge in [0.1, 0.15) is 11.6 Å². The number of piperazine rings is 1. The van der Waals surface area contributed by atoms with E-state index in [9.17, 15) is 4.39 Å². The molecule has 0 saturated carbocycles. The van der Waals surface area contributed by atoms with Crippen LogP contribution in [0, 0.1) is 5.82 Å². The van der Waals surface area contributed by atoms with E-state index in [-0.39, 0.29) is 5.82 Å². The first-order chi connectivity index (χ1) is 9.74. The zero-order valence-electron chi connectivity index (χ0n) is 11.0. The van der Waals surface area contributed by atoms with Crippen molar-refractivity contribution in [1.82, 2.24) is 9.97 Å². The number of pyridine rings is 2. The number of nitrogen functional groups attached to an aromatic ring is 1. The van der Waals surface area contributed by atoms with Crippen LogP contribution in [0.1, 0.15) is 0 Å². The van der Waals surface area contributed by atoms with Gasteiger partial charge in [0.15, 0.2) is 5.82 Å². The Balaban J connectivity index is 1.68. The summed E-state index contributed by atoms with van der Waals surface area (Å²) in [4.78, 5) is 12.7. The molecule has 0 radical (unpaired) electrons. The first kappa shape index (κ1) is 12.7. The summed E-state index contributed by atoms with van der Waals surface area (Å²) in [6.07, 6.45) is 3.00. The summed E-state index contributed by atoms with van der Waals surface area (Å²) in [5.74, 6) is 1.33. The number of aromatic nitrogens is 2. The summed E-state index contributed by atoms with van der Waals surface area (Å²) >= 11 is 0. The van der Waals surface area contributed by atoms with Crippen LogP contribution in [0.4, 0.5) is 21.7 Å². The van der Waals surface area contributed by atoms with Crippen molar-refractivity contribution in [2.45, 2.75) is 0 Å². The highest BCUT2D eigenvalue weighted by Gasteiger charge is 2.20. The second-order valence-corrected chi connectivity index (χ2v) is 4.72. The van der Waals surface area contributed by atoms with Crippen molar-refractivity contribution in [2.24, 2.45) is 0 Å². The molecule has 1 fully saturated rings. The summed E-state index contributed by atoms with van der Waals surface area (Å²) in [5, 5.41) is 0. The van der Waals surface area contributed by atoms with Gasteiger partial charge in [0, 0.05) is 32.4 Å². The smallest absolute Gasteiger partial charge is 0.151 e. The van der Waals surface area contributed by atoms with Crippen molar-refractivity contribution >= 4 is 17.3 Å². The Labute approximate surface area is 116 Å². The van der Waals surface area contributed by atoms with Crippen LogP contribution in [-0.2, 0) is 0 Å². The predicted octanol–water partition coefficient (Wildman–Crippen LogP) is 1.52. The highest BCUT2D eigenvalue weighted by molar-refractivity contribution is 5.62. The normalized spacial score (nSPS) is 15.4. The molecule has 0 atom stereocenters. The summed E-state index contributed by atoms with van der Waals surface area (Å²) in [6.45, 7) is 3.27. The molecule has 0 spiro atoms. The van der Waals surface area contributed by atoms with Gasteiger partial charge in [-0.1, -0.05) is 0 Å². The molecule has 0 aromatic carbocycles. The van der Waals surface area contributed by atoms with Crippen LogP contribution in [0.15, 0.2) is 36.7 Å². The van der Waals surface area contributed by atoms with E-state index in [0.29, 0.717) is 5.69 Å². The van der Waals surface area contributed by atoms with Crippen LogP contribution in [0.5, 0.6) is 0 Å². The molecule has 0 bridgehead atoms. The summed E-state index contributed by atoms with van der Waals surface area (Å²) in [5.41, 5.74) is 6.64. The second kappa shape index (κ2) is 5.32. The molecule has 2 N–H and O–H groups in total. The first-order valence-corrected chi connectivity index (χ1v) is 6.56. The Morgan fingerprint density at radius 3 is 2.40 bits per heavy atom. The van der Waals surface area contributed by atoms with Gasteiger partial charge >= 0.3 is 0 Å². The molecular weight excluding hydrogens is 257 g/mol. The highest BCUT2D eigenvalue weighted by atomic mass is 19.1. The third-order valence-corrected chi connectivity index (χ3v) is 3.43. The monoisotopic (exact) mass is 273 g/mol. The van der Waals surface area contributed by atoms with E-state index in [4.69, 9.17) is 5.73 Å². The molecule has 0 aliphatic carbocycles. The summed E-state index contributed by atoms with van der Waals surface area (Å²) in [7, 11) is 0. The van der Waals surface area contributed by atoms with Gasteiger partial charge in [-0.15, -0.1) is 0 Å². The van der Waals surface area contributed by atoms with Crippen LogP contribution < -0.4 is 15.5 Å². The molecule has 3 heterocycles. The minimum atomic E-state index is -0.311. The summed E-state index contributed by atoms with van der Waals surface area (Å²) in [6, 6.07) is 6.83. The molecule has 1 aliphatic heterocycles. The molecule has 0 unspecified atom stereocenters. The Morgan fingerprint density at radius 2 is 1.75 bits per heavy atom. The Kier molecular flexibility index (Phi) is 3.37. The number of nitrogens with zero attached hydrogens (tertiary/aromatic N) is 4. The fourth-order valence-electron chi connectivity index (χ4n) is 2.38. The van der Waals surface area contributed by atoms with Crippen LogP contribution >= 0.6 is 0 Å². The topological polar surface area (TPSA) is 58.3 Å². The standard InChI is InChI=1S/C14H16FN5/c15-11-3-4-13(18-10-11)19-6-8-20(9-7-19)14-12(16)2-1-5-17-14/h1-5,10H,6-9,16H2. The van der Waals surface area contributed by atoms with Crippen LogP contribution in [0.2, 0.25) is 0 Å². The molecule has 3 rings (SSSR count). The van der Waals surface area contributed by atoms with Gasteiger partial charge in [-0.3, -0.25) is 0 Å². The fraction of sp³-hybridized carbons (Fsp3) is 0.286. The zero-order valence-corrected chi connectivity index (χ0v) is 11.0. The SMILES string of the molecule is Nc1cccnc1N1CCN(c2ccc(F)cn2)CC1. The predicted molar refractivity (Wildman–Crippen MR) is 77.3 cm³/mol. The maximum atomic E-state index is 12.9. The molecule has 5 nitrogen and oxygen atoms in total. The van der Waals surface area contributed by atoms with E-state index in [2.05, 4.69) is 19.8 Å². The van der Waals surface area contributed by atoms with Gasteiger partial charge in [0.2, 0.25) is 0 Å². The molecule has 2 aromatic rings. The summed E-state index contributed by atoms with van der Waals surface area (Å²) < 4.78 is 12.9.